The molecular weight excluding hydrogens is 186 g/mol. The maximum absolute atomic E-state index is 5.45. The fourth-order valence-electron chi connectivity index (χ4n) is 1.66. The van der Waals surface area contributed by atoms with E-state index in [0.717, 1.165) is 25.6 Å². The molecule has 76 valence electrons. The van der Waals surface area contributed by atoms with E-state index >= 15 is 0 Å². The SMILES string of the molecule is C1CC(CNC2CCSC2)OCO1. The minimum absolute atomic E-state index is 0.374. The number of ether oxygens (including phenoxy) is 2. The molecule has 2 unspecified atom stereocenters. The van der Waals surface area contributed by atoms with Gasteiger partial charge in [-0.25, -0.2) is 0 Å². The summed E-state index contributed by atoms with van der Waals surface area (Å²) in [5.74, 6) is 2.58. The molecule has 1 N–H and O–H groups in total. The van der Waals surface area contributed by atoms with Crippen LogP contribution in [0.5, 0.6) is 0 Å². The first-order valence-corrected chi connectivity index (χ1v) is 6.11. The lowest BCUT2D eigenvalue weighted by Gasteiger charge is -2.24. The average molecular weight is 203 g/mol. The molecule has 2 heterocycles. The van der Waals surface area contributed by atoms with Gasteiger partial charge in [0.1, 0.15) is 6.79 Å². The monoisotopic (exact) mass is 203 g/mol. The first-order chi connectivity index (χ1) is 6.45. The molecule has 2 aliphatic heterocycles. The first kappa shape index (κ1) is 9.77. The second-order valence-electron chi connectivity index (χ2n) is 3.57. The van der Waals surface area contributed by atoms with Crippen LogP contribution < -0.4 is 5.32 Å². The van der Waals surface area contributed by atoms with Crippen molar-refractivity contribution in [2.75, 3.05) is 31.5 Å². The van der Waals surface area contributed by atoms with E-state index in [1.54, 1.807) is 0 Å². The average Bonchev–Trinajstić information content (AvgIpc) is 2.69. The Bertz CT molecular complexity index is 145. The van der Waals surface area contributed by atoms with Crippen molar-refractivity contribution in [2.45, 2.75) is 25.0 Å². The number of hydrogen-bond acceptors (Lipinski definition) is 4. The predicted octanol–water partition coefficient (Wildman–Crippen LogP) is 0.845. The Hall–Kier alpha value is 0.230. The molecule has 4 heteroatoms. The maximum atomic E-state index is 5.45. The van der Waals surface area contributed by atoms with E-state index in [2.05, 4.69) is 5.32 Å². The van der Waals surface area contributed by atoms with Crippen molar-refractivity contribution in [1.29, 1.82) is 0 Å². The van der Waals surface area contributed by atoms with Crippen LogP contribution in [0.25, 0.3) is 0 Å². The summed E-state index contributed by atoms with van der Waals surface area (Å²) in [6, 6.07) is 0.719. The van der Waals surface area contributed by atoms with E-state index in [9.17, 15) is 0 Å². The molecule has 3 nitrogen and oxygen atoms in total. The molecule has 13 heavy (non-hydrogen) atoms. The lowest BCUT2D eigenvalue weighted by atomic mass is 10.2. The molecule has 0 aliphatic carbocycles. The molecule has 0 radical (unpaired) electrons. The first-order valence-electron chi connectivity index (χ1n) is 4.95. The topological polar surface area (TPSA) is 30.5 Å². The fraction of sp³-hybridized carbons (Fsp3) is 1.00. The van der Waals surface area contributed by atoms with Crippen LogP contribution in [0.1, 0.15) is 12.8 Å². The van der Waals surface area contributed by atoms with Crippen LogP contribution in [0.4, 0.5) is 0 Å². The van der Waals surface area contributed by atoms with Crippen molar-refractivity contribution in [3.8, 4) is 0 Å². The molecule has 0 bridgehead atoms. The normalized spacial score (nSPS) is 35.1. The zero-order chi connectivity index (χ0) is 8.93. The van der Waals surface area contributed by atoms with E-state index in [4.69, 9.17) is 9.47 Å². The summed E-state index contributed by atoms with van der Waals surface area (Å²) in [6.45, 7) is 2.33. The Balaban J connectivity index is 1.60. The van der Waals surface area contributed by atoms with Gasteiger partial charge in [-0.15, -0.1) is 0 Å². The van der Waals surface area contributed by atoms with E-state index < -0.39 is 0 Å². The number of thioether (sulfide) groups is 1. The van der Waals surface area contributed by atoms with Crippen LogP contribution in [0.3, 0.4) is 0 Å². The number of nitrogens with one attached hydrogen (secondary N) is 1. The highest BCUT2D eigenvalue weighted by Gasteiger charge is 2.18. The Labute approximate surface area is 83.5 Å². The molecule has 2 rings (SSSR count). The number of rotatable bonds is 3. The standard InChI is InChI=1S/C9H17NO2S/c1-3-11-7-12-9(1)5-10-8-2-4-13-6-8/h8-10H,1-7H2. The molecule has 0 aromatic rings. The molecular formula is C9H17NO2S. The Morgan fingerprint density at radius 1 is 1.38 bits per heavy atom. The summed E-state index contributed by atoms with van der Waals surface area (Å²) in [4.78, 5) is 0. The van der Waals surface area contributed by atoms with E-state index in [0.29, 0.717) is 12.9 Å². The minimum Gasteiger partial charge on any atom is -0.355 e. The summed E-state index contributed by atoms with van der Waals surface area (Å²) in [5.41, 5.74) is 0. The summed E-state index contributed by atoms with van der Waals surface area (Å²) in [6.07, 6.45) is 2.72. The van der Waals surface area contributed by atoms with Gasteiger partial charge in [-0.2, -0.15) is 11.8 Å². The van der Waals surface area contributed by atoms with Crippen LogP contribution in [0.2, 0.25) is 0 Å². The van der Waals surface area contributed by atoms with Crippen LogP contribution in [-0.4, -0.2) is 43.6 Å². The summed E-state index contributed by atoms with van der Waals surface area (Å²) < 4.78 is 10.6. The van der Waals surface area contributed by atoms with Gasteiger partial charge < -0.3 is 14.8 Å². The minimum atomic E-state index is 0.374. The Morgan fingerprint density at radius 2 is 2.38 bits per heavy atom. The molecule has 0 aromatic heterocycles. The molecule has 0 aromatic carbocycles. The van der Waals surface area contributed by atoms with Gasteiger partial charge in [-0.05, 0) is 18.6 Å². The molecule has 0 saturated carbocycles. The second kappa shape index (κ2) is 5.20. The van der Waals surface area contributed by atoms with Crippen molar-refractivity contribution in [2.24, 2.45) is 0 Å². The molecule has 2 atom stereocenters. The number of hydrogen-bond donors (Lipinski definition) is 1. The Kier molecular flexibility index (Phi) is 3.91. The quantitative estimate of drug-likeness (QED) is 0.736. The van der Waals surface area contributed by atoms with Gasteiger partial charge in [0, 0.05) is 18.3 Å². The van der Waals surface area contributed by atoms with Gasteiger partial charge in [0.25, 0.3) is 0 Å². The summed E-state index contributed by atoms with van der Waals surface area (Å²) >= 11 is 2.04. The van der Waals surface area contributed by atoms with Gasteiger partial charge >= 0.3 is 0 Å². The zero-order valence-electron chi connectivity index (χ0n) is 7.83. The third kappa shape index (κ3) is 3.13. The molecule has 2 aliphatic rings. The summed E-state index contributed by atoms with van der Waals surface area (Å²) in [7, 11) is 0. The van der Waals surface area contributed by atoms with E-state index in [1.807, 2.05) is 11.8 Å². The highest BCUT2D eigenvalue weighted by atomic mass is 32.2. The molecule has 2 fully saturated rings. The van der Waals surface area contributed by atoms with Crippen molar-refractivity contribution in [3.63, 3.8) is 0 Å². The van der Waals surface area contributed by atoms with Crippen molar-refractivity contribution >= 4 is 11.8 Å². The van der Waals surface area contributed by atoms with Crippen LogP contribution in [-0.2, 0) is 9.47 Å². The maximum Gasteiger partial charge on any atom is 0.147 e. The van der Waals surface area contributed by atoms with Gasteiger partial charge in [0.05, 0.1) is 12.7 Å². The smallest absolute Gasteiger partial charge is 0.147 e. The van der Waals surface area contributed by atoms with Crippen LogP contribution >= 0.6 is 11.8 Å². The van der Waals surface area contributed by atoms with Gasteiger partial charge in [-0.3, -0.25) is 0 Å². The molecule has 2 saturated heterocycles. The zero-order valence-corrected chi connectivity index (χ0v) is 8.65. The van der Waals surface area contributed by atoms with Gasteiger partial charge in [0.2, 0.25) is 0 Å². The largest absolute Gasteiger partial charge is 0.355 e. The Morgan fingerprint density at radius 3 is 3.08 bits per heavy atom. The molecule has 0 amide bonds. The van der Waals surface area contributed by atoms with E-state index in [1.165, 1.54) is 17.9 Å². The molecule has 0 spiro atoms. The fourth-order valence-corrected chi connectivity index (χ4v) is 2.84. The van der Waals surface area contributed by atoms with Crippen LogP contribution in [0.15, 0.2) is 0 Å². The van der Waals surface area contributed by atoms with Crippen LogP contribution in [0, 0.1) is 0 Å². The summed E-state index contributed by atoms with van der Waals surface area (Å²) in [5, 5.41) is 3.55. The van der Waals surface area contributed by atoms with Gasteiger partial charge in [0.15, 0.2) is 0 Å². The second-order valence-corrected chi connectivity index (χ2v) is 4.72. The third-order valence-corrected chi connectivity index (χ3v) is 3.70. The highest BCUT2D eigenvalue weighted by Crippen LogP contribution is 2.17. The van der Waals surface area contributed by atoms with Crippen molar-refractivity contribution < 1.29 is 9.47 Å². The highest BCUT2D eigenvalue weighted by molar-refractivity contribution is 7.99. The van der Waals surface area contributed by atoms with Crippen molar-refractivity contribution in [1.82, 2.24) is 5.32 Å². The van der Waals surface area contributed by atoms with E-state index in [-0.39, 0.29) is 0 Å². The lowest BCUT2D eigenvalue weighted by molar-refractivity contribution is -0.137. The van der Waals surface area contributed by atoms with Gasteiger partial charge in [-0.1, -0.05) is 0 Å². The lowest BCUT2D eigenvalue weighted by Crippen LogP contribution is -2.39. The van der Waals surface area contributed by atoms with Crippen molar-refractivity contribution in [3.05, 3.63) is 0 Å². The third-order valence-electron chi connectivity index (χ3n) is 2.54. The predicted molar refractivity (Wildman–Crippen MR) is 54.0 cm³/mol.